The summed E-state index contributed by atoms with van der Waals surface area (Å²) in [6, 6.07) is 17.8. The first-order valence-electron chi connectivity index (χ1n) is 9.51. The molecule has 0 aromatic heterocycles. The van der Waals surface area contributed by atoms with Gasteiger partial charge in [-0.05, 0) is 30.5 Å². The van der Waals surface area contributed by atoms with Crippen molar-refractivity contribution in [3.05, 3.63) is 83.9 Å². The maximum absolute atomic E-state index is 12.6. The Morgan fingerprint density at radius 2 is 1.67 bits per heavy atom. The zero-order chi connectivity index (χ0) is 21.7. The van der Waals surface area contributed by atoms with Crippen LogP contribution in [-0.4, -0.2) is 22.3 Å². The van der Waals surface area contributed by atoms with Crippen molar-refractivity contribution in [3.8, 4) is 5.75 Å². The number of carboxylic acid groups (broad SMARTS) is 1. The summed E-state index contributed by atoms with van der Waals surface area (Å²) in [4.78, 5) is 23.6. The number of carbonyl (C=O) groups is 2. The Hall–Kier alpha value is -3.80. The SMILES string of the molecule is Cc1ccc(NC(=O)O[C@H](c2ccc(O)c3ccccc23)[C@@H](C)/C=C/C(=O)O)cc1. The molecule has 0 heterocycles. The summed E-state index contributed by atoms with van der Waals surface area (Å²) in [7, 11) is 0. The van der Waals surface area contributed by atoms with Crippen molar-refractivity contribution in [2.75, 3.05) is 5.32 Å². The fraction of sp³-hybridized carbons (Fsp3) is 0.167. The molecule has 6 heteroatoms. The molecule has 3 aromatic rings. The number of anilines is 1. The minimum absolute atomic E-state index is 0.117. The van der Waals surface area contributed by atoms with Crippen LogP contribution in [0.5, 0.6) is 5.75 Å². The fourth-order valence-electron chi connectivity index (χ4n) is 3.24. The second kappa shape index (κ2) is 9.13. The highest BCUT2D eigenvalue weighted by Crippen LogP contribution is 2.36. The second-order valence-corrected chi connectivity index (χ2v) is 7.09. The molecular weight excluding hydrogens is 382 g/mol. The summed E-state index contributed by atoms with van der Waals surface area (Å²) in [6.45, 7) is 3.72. The van der Waals surface area contributed by atoms with E-state index in [2.05, 4.69) is 5.32 Å². The number of phenolic OH excluding ortho intramolecular Hbond substituents is 1. The van der Waals surface area contributed by atoms with E-state index in [1.807, 2.05) is 31.2 Å². The van der Waals surface area contributed by atoms with Gasteiger partial charge in [0.05, 0.1) is 0 Å². The van der Waals surface area contributed by atoms with Gasteiger partial charge in [0, 0.05) is 28.6 Å². The summed E-state index contributed by atoms with van der Waals surface area (Å²) < 4.78 is 5.74. The molecule has 0 saturated carbocycles. The molecule has 3 rings (SSSR count). The molecule has 1 amide bonds. The molecule has 0 aliphatic heterocycles. The molecule has 154 valence electrons. The highest BCUT2D eigenvalue weighted by Gasteiger charge is 2.25. The van der Waals surface area contributed by atoms with Gasteiger partial charge in [0.1, 0.15) is 11.9 Å². The molecule has 0 aliphatic rings. The number of aromatic hydroxyl groups is 1. The third kappa shape index (κ3) is 4.97. The van der Waals surface area contributed by atoms with Crippen LogP contribution in [0.1, 0.15) is 24.2 Å². The number of hydrogen-bond donors (Lipinski definition) is 3. The first-order chi connectivity index (χ1) is 14.3. The molecule has 0 saturated heterocycles. The molecule has 30 heavy (non-hydrogen) atoms. The number of aryl methyl sites for hydroxylation is 1. The van der Waals surface area contributed by atoms with Gasteiger partial charge in [-0.15, -0.1) is 0 Å². The maximum atomic E-state index is 12.6. The summed E-state index contributed by atoms with van der Waals surface area (Å²) in [5, 5.41) is 23.2. The Morgan fingerprint density at radius 1 is 1.00 bits per heavy atom. The number of amides is 1. The summed E-state index contributed by atoms with van der Waals surface area (Å²) in [6.07, 6.45) is 1.09. The largest absolute Gasteiger partial charge is 0.507 e. The van der Waals surface area contributed by atoms with Gasteiger partial charge in [0.25, 0.3) is 0 Å². The molecule has 6 nitrogen and oxygen atoms in total. The van der Waals surface area contributed by atoms with E-state index in [4.69, 9.17) is 9.84 Å². The van der Waals surface area contributed by atoms with Crippen LogP contribution in [0.25, 0.3) is 10.8 Å². The van der Waals surface area contributed by atoms with Crippen molar-refractivity contribution in [3.63, 3.8) is 0 Å². The van der Waals surface area contributed by atoms with E-state index < -0.39 is 24.1 Å². The first kappa shape index (κ1) is 20.9. The van der Waals surface area contributed by atoms with Crippen LogP contribution >= 0.6 is 0 Å². The van der Waals surface area contributed by atoms with Gasteiger partial charge in [-0.25, -0.2) is 9.59 Å². The molecule has 0 aliphatic carbocycles. The Kier molecular flexibility index (Phi) is 6.37. The van der Waals surface area contributed by atoms with Crippen molar-refractivity contribution in [2.45, 2.75) is 20.0 Å². The highest BCUT2D eigenvalue weighted by molar-refractivity contribution is 5.91. The second-order valence-electron chi connectivity index (χ2n) is 7.09. The predicted octanol–water partition coefficient (Wildman–Crippen LogP) is 5.42. The molecule has 0 radical (unpaired) electrons. The number of aliphatic carboxylic acids is 1. The molecule has 0 bridgehead atoms. The summed E-state index contributed by atoms with van der Waals surface area (Å²) in [5.74, 6) is -1.40. The predicted molar refractivity (Wildman–Crippen MR) is 116 cm³/mol. The lowest BCUT2D eigenvalue weighted by atomic mass is 9.92. The van der Waals surface area contributed by atoms with Gasteiger partial charge in [0.15, 0.2) is 0 Å². The summed E-state index contributed by atoms with van der Waals surface area (Å²) in [5.41, 5.74) is 2.33. The van der Waals surface area contributed by atoms with E-state index in [1.54, 1.807) is 43.3 Å². The summed E-state index contributed by atoms with van der Waals surface area (Å²) >= 11 is 0. The van der Waals surface area contributed by atoms with Gasteiger partial charge < -0.3 is 14.9 Å². The molecule has 0 unspecified atom stereocenters. The van der Waals surface area contributed by atoms with Crippen molar-refractivity contribution < 1.29 is 24.5 Å². The number of benzene rings is 3. The normalized spacial score (nSPS) is 13.1. The molecule has 3 N–H and O–H groups in total. The quantitative estimate of drug-likeness (QED) is 0.476. The molecular formula is C24H23NO5. The van der Waals surface area contributed by atoms with Crippen molar-refractivity contribution >= 4 is 28.5 Å². The van der Waals surface area contributed by atoms with Crippen LogP contribution in [0.3, 0.4) is 0 Å². The Morgan fingerprint density at radius 3 is 2.33 bits per heavy atom. The standard InChI is InChI=1S/C24H23NO5/c1-15-7-10-17(11-8-15)25-24(29)30-23(16(2)9-14-22(27)28)20-12-13-21(26)19-6-4-3-5-18(19)20/h3-14,16,23,26H,1-2H3,(H,25,29)(H,27,28)/b14-9+/t16-,23-/m0/s1. The zero-order valence-corrected chi connectivity index (χ0v) is 16.7. The molecule has 2 atom stereocenters. The Labute approximate surface area is 174 Å². The Bertz CT molecular complexity index is 1090. The molecule has 0 fully saturated rings. The maximum Gasteiger partial charge on any atom is 0.412 e. The van der Waals surface area contributed by atoms with E-state index in [1.165, 1.54) is 6.08 Å². The smallest absolute Gasteiger partial charge is 0.412 e. The fourth-order valence-corrected chi connectivity index (χ4v) is 3.24. The lowest BCUT2D eigenvalue weighted by Crippen LogP contribution is -2.21. The van der Waals surface area contributed by atoms with E-state index >= 15 is 0 Å². The number of carboxylic acids is 1. The lowest BCUT2D eigenvalue weighted by Gasteiger charge is -2.24. The van der Waals surface area contributed by atoms with Gasteiger partial charge >= 0.3 is 12.1 Å². The van der Waals surface area contributed by atoms with Crippen molar-refractivity contribution in [1.82, 2.24) is 0 Å². The van der Waals surface area contributed by atoms with E-state index in [-0.39, 0.29) is 5.75 Å². The van der Waals surface area contributed by atoms with Gasteiger partial charge in [-0.2, -0.15) is 0 Å². The minimum atomic E-state index is -1.08. The monoisotopic (exact) mass is 405 g/mol. The number of carbonyl (C=O) groups excluding carboxylic acids is 1. The number of ether oxygens (including phenoxy) is 1. The van der Waals surface area contributed by atoms with Gasteiger partial charge in [-0.3, -0.25) is 5.32 Å². The number of nitrogens with one attached hydrogen (secondary N) is 1. The molecule has 3 aromatic carbocycles. The average Bonchev–Trinajstić information content (AvgIpc) is 2.73. The Balaban J connectivity index is 1.95. The minimum Gasteiger partial charge on any atom is -0.507 e. The zero-order valence-electron chi connectivity index (χ0n) is 16.7. The number of hydrogen-bond acceptors (Lipinski definition) is 4. The highest BCUT2D eigenvalue weighted by atomic mass is 16.6. The van der Waals surface area contributed by atoms with Crippen LogP contribution in [0.15, 0.2) is 72.8 Å². The first-order valence-corrected chi connectivity index (χ1v) is 9.51. The van der Waals surface area contributed by atoms with Crippen LogP contribution in [0.2, 0.25) is 0 Å². The van der Waals surface area contributed by atoms with Gasteiger partial charge in [0.2, 0.25) is 0 Å². The molecule has 0 spiro atoms. The topological polar surface area (TPSA) is 95.9 Å². The van der Waals surface area contributed by atoms with Crippen LogP contribution in [0, 0.1) is 12.8 Å². The van der Waals surface area contributed by atoms with Crippen LogP contribution in [0.4, 0.5) is 10.5 Å². The number of rotatable bonds is 6. The van der Waals surface area contributed by atoms with Crippen LogP contribution < -0.4 is 5.32 Å². The van der Waals surface area contributed by atoms with Gasteiger partial charge in [-0.1, -0.05) is 61.0 Å². The number of phenols is 1. The van der Waals surface area contributed by atoms with E-state index in [0.29, 0.717) is 16.6 Å². The number of fused-ring (bicyclic) bond motifs is 1. The van der Waals surface area contributed by atoms with Crippen molar-refractivity contribution in [1.29, 1.82) is 0 Å². The lowest BCUT2D eigenvalue weighted by molar-refractivity contribution is -0.131. The van der Waals surface area contributed by atoms with E-state index in [0.717, 1.165) is 17.0 Å². The third-order valence-corrected chi connectivity index (χ3v) is 4.79. The van der Waals surface area contributed by atoms with Crippen LogP contribution in [-0.2, 0) is 9.53 Å². The average molecular weight is 405 g/mol. The third-order valence-electron chi connectivity index (χ3n) is 4.79. The van der Waals surface area contributed by atoms with E-state index in [9.17, 15) is 14.7 Å². The van der Waals surface area contributed by atoms with Crippen molar-refractivity contribution in [2.24, 2.45) is 5.92 Å².